The number of ketones is 1. The van der Waals surface area contributed by atoms with E-state index in [9.17, 15) is 9.59 Å². The van der Waals surface area contributed by atoms with E-state index >= 15 is 0 Å². The van der Waals surface area contributed by atoms with Crippen molar-refractivity contribution in [3.63, 3.8) is 0 Å². The van der Waals surface area contributed by atoms with Crippen molar-refractivity contribution in [1.82, 2.24) is 19.4 Å². The number of benzene rings is 1. The van der Waals surface area contributed by atoms with Gasteiger partial charge in [-0.15, -0.1) is 0 Å². The molecule has 0 bridgehead atoms. The lowest BCUT2D eigenvalue weighted by Gasteiger charge is -2.11. The highest BCUT2D eigenvalue weighted by atomic mass is 16.1. The summed E-state index contributed by atoms with van der Waals surface area (Å²) in [5.41, 5.74) is 4.26. The van der Waals surface area contributed by atoms with Crippen LogP contribution >= 0.6 is 0 Å². The van der Waals surface area contributed by atoms with E-state index in [0.29, 0.717) is 17.2 Å². The first-order valence-electron chi connectivity index (χ1n) is 9.07. The second-order valence-electron chi connectivity index (χ2n) is 7.03. The maximum Gasteiger partial charge on any atom is 0.255 e. The van der Waals surface area contributed by atoms with Crippen molar-refractivity contribution in [3.8, 4) is 11.3 Å². The van der Waals surface area contributed by atoms with Crippen LogP contribution in [0.15, 0.2) is 53.6 Å². The molecule has 0 aliphatic carbocycles. The first-order valence-corrected chi connectivity index (χ1v) is 9.07. The van der Waals surface area contributed by atoms with E-state index in [-0.39, 0.29) is 17.9 Å². The minimum absolute atomic E-state index is 0.0408. The summed E-state index contributed by atoms with van der Waals surface area (Å²) < 4.78 is 1.40. The zero-order chi connectivity index (χ0) is 19.7. The van der Waals surface area contributed by atoms with Crippen molar-refractivity contribution < 1.29 is 4.79 Å². The van der Waals surface area contributed by atoms with Crippen LogP contribution in [0, 0.1) is 0 Å². The largest absolute Gasteiger partial charge is 0.348 e. The van der Waals surface area contributed by atoms with Crippen LogP contribution in [0.2, 0.25) is 0 Å². The van der Waals surface area contributed by atoms with Gasteiger partial charge in [-0.2, -0.15) is 0 Å². The molecule has 0 saturated carbocycles. The highest BCUT2D eigenvalue weighted by Crippen LogP contribution is 2.22. The number of carbonyl (C=O) groups excluding carboxylic acids is 1. The highest BCUT2D eigenvalue weighted by molar-refractivity contribution is 5.99. The Bertz CT molecular complexity index is 1090. The normalized spacial score (nSPS) is 13.4. The van der Waals surface area contributed by atoms with Crippen LogP contribution in [-0.2, 0) is 20.1 Å². The minimum Gasteiger partial charge on any atom is -0.348 e. The van der Waals surface area contributed by atoms with E-state index in [2.05, 4.69) is 27.2 Å². The number of nitrogens with zero attached hydrogens (tertiary/aromatic N) is 4. The van der Waals surface area contributed by atoms with Gasteiger partial charge in [-0.05, 0) is 36.4 Å². The molecule has 2 aromatic heterocycles. The summed E-state index contributed by atoms with van der Waals surface area (Å²) in [6.45, 7) is 1.83. The first kappa shape index (κ1) is 18.1. The molecule has 4 rings (SSSR count). The van der Waals surface area contributed by atoms with Gasteiger partial charge in [0.2, 0.25) is 5.95 Å². The molecule has 3 heterocycles. The van der Waals surface area contributed by atoms with Crippen LogP contribution in [0.25, 0.3) is 11.3 Å². The van der Waals surface area contributed by atoms with E-state index in [1.54, 1.807) is 31.6 Å². The molecule has 0 saturated heterocycles. The molecule has 3 aromatic rings. The molecular weight excluding hydrogens is 354 g/mol. The second kappa shape index (κ2) is 7.36. The summed E-state index contributed by atoms with van der Waals surface area (Å²) in [5.74, 6) is 0.314. The third-order valence-corrected chi connectivity index (χ3v) is 4.93. The molecule has 142 valence electrons. The number of hydrogen-bond donors (Lipinski definition) is 1. The number of pyridine rings is 1. The summed E-state index contributed by atoms with van der Waals surface area (Å²) in [7, 11) is 3.69. The van der Waals surface area contributed by atoms with Gasteiger partial charge in [0.05, 0.1) is 12.2 Å². The fraction of sp³-hybridized carbons (Fsp3) is 0.238. The molecule has 1 aliphatic heterocycles. The number of aromatic nitrogens is 3. The fourth-order valence-corrected chi connectivity index (χ4v) is 3.37. The molecule has 1 aliphatic rings. The van der Waals surface area contributed by atoms with Crippen molar-refractivity contribution in [2.24, 2.45) is 7.05 Å². The quantitative estimate of drug-likeness (QED) is 0.688. The predicted molar refractivity (Wildman–Crippen MR) is 107 cm³/mol. The molecule has 28 heavy (non-hydrogen) atoms. The lowest BCUT2D eigenvalue weighted by atomic mass is 10.0. The van der Waals surface area contributed by atoms with Crippen molar-refractivity contribution in [1.29, 1.82) is 0 Å². The summed E-state index contributed by atoms with van der Waals surface area (Å²) in [5, 5.41) is 3.01. The number of Topliss-reactive ketones (excluding diaryl/α,β-unsaturated/α-hetero) is 1. The number of anilines is 1. The summed E-state index contributed by atoms with van der Waals surface area (Å²) in [6.07, 6.45) is 3.30. The van der Waals surface area contributed by atoms with Gasteiger partial charge in [-0.25, -0.2) is 4.98 Å². The van der Waals surface area contributed by atoms with Gasteiger partial charge in [-0.1, -0.05) is 12.1 Å². The zero-order valence-corrected chi connectivity index (χ0v) is 15.8. The van der Waals surface area contributed by atoms with Crippen LogP contribution < -0.4 is 10.9 Å². The Morgan fingerprint density at radius 3 is 2.61 bits per heavy atom. The van der Waals surface area contributed by atoms with Gasteiger partial charge in [0.25, 0.3) is 5.56 Å². The summed E-state index contributed by atoms with van der Waals surface area (Å²) >= 11 is 0. The van der Waals surface area contributed by atoms with Crippen LogP contribution in [0.1, 0.15) is 21.5 Å². The van der Waals surface area contributed by atoms with Gasteiger partial charge in [0, 0.05) is 49.7 Å². The molecule has 0 atom stereocenters. The van der Waals surface area contributed by atoms with Gasteiger partial charge in [0.1, 0.15) is 0 Å². The lowest BCUT2D eigenvalue weighted by Crippen LogP contribution is -2.24. The van der Waals surface area contributed by atoms with Gasteiger partial charge < -0.3 is 5.32 Å². The average molecular weight is 375 g/mol. The highest BCUT2D eigenvalue weighted by Gasteiger charge is 2.17. The van der Waals surface area contributed by atoms with Crippen LogP contribution in [-0.4, -0.2) is 38.8 Å². The van der Waals surface area contributed by atoms with Gasteiger partial charge in [0.15, 0.2) is 5.78 Å². The smallest absolute Gasteiger partial charge is 0.255 e. The van der Waals surface area contributed by atoms with E-state index in [4.69, 9.17) is 0 Å². The van der Waals surface area contributed by atoms with E-state index in [0.717, 1.165) is 18.7 Å². The number of fused-ring (bicyclic) bond motifs is 1. The molecule has 0 unspecified atom stereocenters. The van der Waals surface area contributed by atoms with Crippen LogP contribution in [0.5, 0.6) is 0 Å². The summed E-state index contributed by atoms with van der Waals surface area (Å²) in [6, 6.07) is 10.9. The van der Waals surface area contributed by atoms with Gasteiger partial charge >= 0.3 is 0 Å². The number of hydrogen-bond acceptors (Lipinski definition) is 6. The third kappa shape index (κ3) is 3.57. The molecular formula is C21H21N5O2. The third-order valence-electron chi connectivity index (χ3n) is 4.93. The van der Waals surface area contributed by atoms with Crippen LogP contribution in [0.4, 0.5) is 5.95 Å². The zero-order valence-electron chi connectivity index (χ0n) is 15.8. The topological polar surface area (TPSA) is 80.1 Å². The molecule has 0 spiro atoms. The molecule has 7 nitrogen and oxygen atoms in total. The Kier molecular flexibility index (Phi) is 4.75. The lowest BCUT2D eigenvalue weighted by molar-refractivity contribution is 0.101. The molecule has 7 heteroatoms. The van der Waals surface area contributed by atoms with Crippen molar-refractivity contribution in [2.75, 3.05) is 18.9 Å². The summed E-state index contributed by atoms with van der Waals surface area (Å²) in [4.78, 5) is 35.6. The van der Waals surface area contributed by atoms with Crippen molar-refractivity contribution in [3.05, 3.63) is 75.8 Å². The Morgan fingerprint density at radius 1 is 1.07 bits per heavy atom. The monoisotopic (exact) mass is 375 g/mol. The Hall–Kier alpha value is -3.32. The molecule has 1 aromatic carbocycles. The van der Waals surface area contributed by atoms with Gasteiger partial charge in [-0.3, -0.25) is 24.0 Å². The van der Waals surface area contributed by atoms with E-state index in [1.807, 2.05) is 18.2 Å². The standard InChI is InChI=1S/C21H21N5O2/c1-25-12-16-4-3-15(9-17(16)13-25)19(27)11-23-21-24-18(10-20(28)26(21)2)14-5-7-22-8-6-14/h3-10H,11-13H2,1-2H3,(H,23,24). The maximum absolute atomic E-state index is 12.7. The Balaban J connectivity index is 1.53. The fourth-order valence-electron chi connectivity index (χ4n) is 3.37. The van der Waals surface area contributed by atoms with Crippen molar-refractivity contribution in [2.45, 2.75) is 13.1 Å². The van der Waals surface area contributed by atoms with Crippen molar-refractivity contribution >= 4 is 11.7 Å². The average Bonchev–Trinajstić information content (AvgIpc) is 3.08. The van der Waals surface area contributed by atoms with E-state index < -0.39 is 0 Å². The second-order valence-corrected chi connectivity index (χ2v) is 7.03. The molecule has 0 amide bonds. The van der Waals surface area contributed by atoms with Crippen LogP contribution in [0.3, 0.4) is 0 Å². The minimum atomic E-state index is -0.197. The molecule has 0 radical (unpaired) electrons. The Labute approximate surface area is 162 Å². The molecule has 1 N–H and O–H groups in total. The Morgan fingerprint density at radius 2 is 1.82 bits per heavy atom. The number of carbonyl (C=O) groups is 1. The molecule has 0 fully saturated rings. The predicted octanol–water partition coefficient (Wildman–Crippen LogP) is 2.08. The van der Waals surface area contributed by atoms with E-state index in [1.165, 1.54) is 21.8 Å². The maximum atomic E-state index is 12.7. The number of rotatable bonds is 5. The first-order chi connectivity index (χ1) is 13.5. The number of nitrogens with one attached hydrogen (secondary N) is 1. The SMILES string of the molecule is CN1Cc2ccc(C(=O)CNc3nc(-c4ccncc4)cc(=O)n3C)cc2C1.